The van der Waals surface area contributed by atoms with Gasteiger partial charge in [0, 0.05) is 35.1 Å². The summed E-state index contributed by atoms with van der Waals surface area (Å²) in [6, 6.07) is 18.9. The highest BCUT2D eigenvalue weighted by Crippen LogP contribution is 2.43. The van der Waals surface area contributed by atoms with E-state index in [2.05, 4.69) is 53.0 Å². The van der Waals surface area contributed by atoms with Gasteiger partial charge in [-0.3, -0.25) is 9.69 Å². The van der Waals surface area contributed by atoms with Crippen LogP contribution in [0.15, 0.2) is 66.9 Å². The van der Waals surface area contributed by atoms with Gasteiger partial charge in [0.15, 0.2) is 47.0 Å². The average Bonchev–Trinajstić information content (AvgIpc) is 3.49. The molecule has 7 rings (SSSR count). The normalized spacial score (nSPS) is 13.8. The number of methoxy groups -OCH3 is 3. The molecule has 1 atom stereocenters. The molecular weight excluding hydrogens is 662 g/mol. The number of aromatic nitrogens is 3. The second-order valence-corrected chi connectivity index (χ2v) is 12.7. The van der Waals surface area contributed by atoms with E-state index in [-0.39, 0.29) is 36.0 Å². The van der Waals surface area contributed by atoms with Crippen LogP contribution in [0, 0.1) is 5.82 Å². The van der Waals surface area contributed by atoms with Gasteiger partial charge in [-0.05, 0) is 42.7 Å². The van der Waals surface area contributed by atoms with E-state index in [9.17, 15) is 4.79 Å². The molecule has 0 radical (unpaired) electrons. The molecule has 1 unspecified atom stereocenters. The molecule has 0 fully saturated rings. The molecule has 1 amide bonds. The molecule has 2 N–H and O–H groups in total. The Balaban J connectivity index is 1.16. The smallest absolute Gasteiger partial charge is 0.274 e. The number of nitrogens with zero attached hydrogens (tertiary/aromatic N) is 4. The van der Waals surface area contributed by atoms with Crippen molar-refractivity contribution in [2.24, 2.45) is 0 Å². The van der Waals surface area contributed by atoms with Gasteiger partial charge in [-0.25, -0.2) is 14.4 Å². The fourth-order valence-corrected chi connectivity index (χ4v) is 6.41. The maximum absolute atomic E-state index is 15.1. The second-order valence-electron chi connectivity index (χ2n) is 12.0. The highest BCUT2D eigenvalue weighted by Gasteiger charge is 2.42. The Morgan fingerprint density at radius 1 is 0.940 bits per heavy atom. The number of hydrogen-bond donors (Lipinski definition) is 2. The molecule has 50 heavy (non-hydrogen) atoms. The lowest BCUT2D eigenvalue weighted by Gasteiger charge is -2.37. The van der Waals surface area contributed by atoms with E-state index in [1.165, 1.54) is 37.4 Å². The lowest BCUT2D eigenvalue weighted by molar-refractivity contribution is -0.133. The molecule has 3 heterocycles. The molecule has 0 spiro atoms. The van der Waals surface area contributed by atoms with Gasteiger partial charge in [0.1, 0.15) is 11.6 Å². The van der Waals surface area contributed by atoms with Crippen LogP contribution in [0.25, 0.3) is 11.1 Å². The van der Waals surface area contributed by atoms with E-state index in [0.29, 0.717) is 34.4 Å². The minimum Gasteiger partial charge on any atom is -0.493 e. The summed E-state index contributed by atoms with van der Waals surface area (Å²) in [5.74, 6) is 1.59. The Kier molecular flexibility index (Phi) is 8.53. The van der Waals surface area contributed by atoms with Crippen molar-refractivity contribution in [3.63, 3.8) is 0 Å². The third-order valence-electron chi connectivity index (χ3n) is 8.44. The first-order valence-electron chi connectivity index (χ1n) is 15.6. The number of carbonyl (C=O) groups excluding carboxylic acids is 1. The van der Waals surface area contributed by atoms with Gasteiger partial charge in [-0.2, -0.15) is 4.98 Å². The summed E-state index contributed by atoms with van der Waals surface area (Å²) < 4.78 is 43.7. The molecule has 0 bridgehead atoms. The highest BCUT2D eigenvalue weighted by molar-refractivity contribution is 7.27. The third-order valence-corrected chi connectivity index (χ3v) is 8.89. The molecule has 1 aliphatic heterocycles. The number of nitrogens with one attached hydrogen (secondary N) is 2. The van der Waals surface area contributed by atoms with Crippen LogP contribution in [0.1, 0.15) is 25.0 Å². The number of benzene rings is 3. The van der Waals surface area contributed by atoms with Crippen molar-refractivity contribution in [2.45, 2.75) is 25.9 Å². The van der Waals surface area contributed by atoms with Gasteiger partial charge < -0.3 is 34.3 Å². The van der Waals surface area contributed by atoms with Gasteiger partial charge in [0.25, 0.3) is 5.91 Å². The number of ether oxygens (including phenoxy) is 5. The zero-order valence-electron chi connectivity index (χ0n) is 28.0. The number of fused-ring (bicyclic) bond motifs is 4. The second kappa shape index (κ2) is 13.0. The van der Waals surface area contributed by atoms with Crippen LogP contribution in [0.3, 0.4) is 0 Å². The van der Waals surface area contributed by atoms with E-state index in [1.54, 1.807) is 38.1 Å². The summed E-state index contributed by atoms with van der Waals surface area (Å²) in [6.45, 7) is 3.25. The Morgan fingerprint density at radius 2 is 1.70 bits per heavy atom. The SMILES string of the molecule is COc1cc(Nc2ncc(F)c(Nc3ccc4c(n3)N(COc3c(P)ccc5c3Cc3ccccc3-5)C(=O)C(C)(C)O4)n2)cc(OC)c1OC. The molecule has 5 aromatic rings. The molecule has 12 nitrogen and oxygen atoms in total. The van der Waals surface area contributed by atoms with Gasteiger partial charge in [0.2, 0.25) is 11.7 Å². The van der Waals surface area contributed by atoms with E-state index < -0.39 is 11.4 Å². The fraction of sp³-hybridized carbons (Fsp3) is 0.222. The summed E-state index contributed by atoms with van der Waals surface area (Å²) in [7, 11) is 7.23. The van der Waals surface area contributed by atoms with E-state index in [0.717, 1.165) is 29.0 Å². The standard InChI is InChI=1S/C36H34FN6O6P/c1-36(2)34(44)43(18-48-30-23-14-19-8-6-7-9-21(19)22(23)10-12-28(30)50)33-25(49-36)11-13-29(41-33)40-32-24(37)17-38-35(42-32)39-20-15-26(45-3)31(47-5)27(16-20)46-4/h6-13,15-17H,14,18,50H2,1-5H3,(H2,38,39,40,41,42). The van der Waals surface area contributed by atoms with E-state index >= 15 is 4.39 Å². The molecule has 2 aromatic heterocycles. The van der Waals surface area contributed by atoms with Crippen LogP contribution in [0.5, 0.6) is 28.7 Å². The van der Waals surface area contributed by atoms with Crippen LogP contribution in [-0.2, 0) is 11.2 Å². The Labute approximate surface area is 290 Å². The molecule has 1 aliphatic carbocycles. The predicted octanol–water partition coefficient (Wildman–Crippen LogP) is 6.14. The number of anilines is 5. The van der Waals surface area contributed by atoms with Crippen LogP contribution in [0.4, 0.5) is 33.5 Å². The van der Waals surface area contributed by atoms with Crippen LogP contribution in [-0.4, -0.2) is 54.5 Å². The van der Waals surface area contributed by atoms with Crippen molar-refractivity contribution in [1.29, 1.82) is 0 Å². The largest absolute Gasteiger partial charge is 0.493 e. The number of hydrogen-bond acceptors (Lipinski definition) is 11. The maximum Gasteiger partial charge on any atom is 0.274 e. The molecule has 0 saturated heterocycles. The van der Waals surface area contributed by atoms with Crippen molar-refractivity contribution in [3.8, 4) is 39.9 Å². The quantitative estimate of drug-likeness (QED) is 0.160. The minimum absolute atomic E-state index is 0.0854. The Bertz CT molecular complexity index is 2120. The summed E-state index contributed by atoms with van der Waals surface area (Å²) >= 11 is 0. The summed E-state index contributed by atoms with van der Waals surface area (Å²) in [6.07, 6.45) is 1.75. The maximum atomic E-state index is 15.1. The number of amides is 1. The van der Waals surface area contributed by atoms with Crippen molar-refractivity contribution in [2.75, 3.05) is 43.6 Å². The first-order chi connectivity index (χ1) is 24.1. The summed E-state index contributed by atoms with van der Waals surface area (Å²) in [4.78, 5) is 28.2. The highest BCUT2D eigenvalue weighted by atomic mass is 31.0. The van der Waals surface area contributed by atoms with E-state index in [4.69, 9.17) is 23.7 Å². The summed E-state index contributed by atoms with van der Waals surface area (Å²) in [5, 5.41) is 6.82. The third kappa shape index (κ3) is 5.94. The van der Waals surface area contributed by atoms with Gasteiger partial charge in [0.05, 0.1) is 27.5 Å². The lowest BCUT2D eigenvalue weighted by atomic mass is 10.1. The van der Waals surface area contributed by atoms with Gasteiger partial charge in [-0.15, -0.1) is 9.24 Å². The number of carbonyl (C=O) groups is 1. The van der Waals surface area contributed by atoms with Gasteiger partial charge >= 0.3 is 0 Å². The van der Waals surface area contributed by atoms with Crippen LogP contribution < -0.4 is 44.5 Å². The number of pyridine rings is 1. The number of halogens is 1. The molecule has 256 valence electrons. The van der Waals surface area contributed by atoms with Crippen molar-refractivity contribution in [1.82, 2.24) is 15.0 Å². The zero-order valence-corrected chi connectivity index (χ0v) is 29.1. The zero-order chi connectivity index (χ0) is 35.2. The summed E-state index contributed by atoms with van der Waals surface area (Å²) in [5.41, 5.74) is 3.87. The monoisotopic (exact) mass is 696 g/mol. The lowest BCUT2D eigenvalue weighted by Crippen LogP contribution is -2.54. The number of rotatable bonds is 10. The average molecular weight is 697 g/mol. The first kappa shape index (κ1) is 32.8. The van der Waals surface area contributed by atoms with Crippen molar-refractivity contribution < 1.29 is 32.9 Å². The van der Waals surface area contributed by atoms with Gasteiger partial charge in [-0.1, -0.05) is 36.4 Å². The molecular formula is C36H34FN6O6P. The van der Waals surface area contributed by atoms with E-state index in [1.807, 2.05) is 18.2 Å². The predicted molar refractivity (Wildman–Crippen MR) is 191 cm³/mol. The molecule has 2 aliphatic rings. The first-order valence-corrected chi connectivity index (χ1v) is 16.2. The van der Waals surface area contributed by atoms with Crippen LogP contribution >= 0.6 is 9.24 Å². The Morgan fingerprint density at radius 3 is 2.44 bits per heavy atom. The topological polar surface area (TPSA) is 129 Å². The van der Waals surface area contributed by atoms with Crippen molar-refractivity contribution in [3.05, 3.63) is 83.8 Å². The Hall–Kier alpha value is -5.68. The molecule has 0 saturated carbocycles. The minimum atomic E-state index is -1.18. The molecule has 3 aromatic carbocycles. The van der Waals surface area contributed by atoms with Crippen molar-refractivity contribution >= 4 is 49.5 Å². The fourth-order valence-electron chi connectivity index (χ4n) is 6.06. The molecule has 14 heteroatoms. The van der Waals surface area contributed by atoms with Crippen LogP contribution in [0.2, 0.25) is 0 Å².